The highest BCUT2D eigenvalue weighted by Gasteiger charge is 2.20. The van der Waals surface area contributed by atoms with Crippen LogP contribution in [0.5, 0.6) is 0 Å². The highest BCUT2D eigenvalue weighted by atomic mass is 16.5. The molecule has 0 aromatic heterocycles. The van der Waals surface area contributed by atoms with E-state index in [2.05, 4.69) is 5.32 Å². The fraction of sp³-hybridized carbons (Fsp3) is 0.467. The van der Waals surface area contributed by atoms with Gasteiger partial charge in [-0.25, -0.2) is 0 Å². The lowest BCUT2D eigenvalue weighted by atomic mass is 10.2. The first-order valence-electron chi connectivity index (χ1n) is 6.98. The van der Waals surface area contributed by atoms with E-state index in [0.29, 0.717) is 13.1 Å². The maximum Gasteiger partial charge on any atom is 0.312 e. The summed E-state index contributed by atoms with van der Waals surface area (Å²) in [5.74, 6) is -1.19. The molecule has 6 heteroatoms. The second-order valence-corrected chi connectivity index (χ2v) is 4.40. The average Bonchev–Trinajstić information content (AvgIpc) is 2.52. The number of likely N-dealkylation sites (N-methyl/N-ethyl adjacent to an activating group) is 1. The van der Waals surface area contributed by atoms with Gasteiger partial charge in [-0.15, -0.1) is 0 Å². The van der Waals surface area contributed by atoms with Crippen molar-refractivity contribution in [2.75, 3.05) is 32.9 Å². The van der Waals surface area contributed by atoms with Gasteiger partial charge in [0.05, 0.1) is 19.8 Å². The van der Waals surface area contributed by atoms with Gasteiger partial charge in [0, 0.05) is 19.6 Å². The summed E-state index contributed by atoms with van der Waals surface area (Å²) in [6.07, 6.45) is 0. The number of aliphatic hydroxyl groups is 1. The van der Waals surface area contributed by atoms with Crippen molar-refractivity contribution in [1.29, 1.82) is 0 Å². The van der Waals surface area contributed by atoms with Crippen molar-refractivity contribution >= 4 is 11.8 Å². The first-order chi connectivity index (χ1) is 10.2. The summed E-state index contributed by atoms with van der Waals surface area (Å²) in [5.41, 5.74) is 0.978. The normalized spacial score (nSPS) is 10.2. The molecule has 0 aliphatic carbocycles. The highest BCUT2D eigenvalue weighted by Crippen LogP contribution is 2.04. The second-order valence-electron chi connectivity index (χ2n) is 4.40. The molecule has 0 aliphatic rings. The second kappa shape index (κ2) is 9.90. The van der Waals surface area contributed by atoms with Crippen LogP contribution in [0.25, 0.3) is 0 Å². The van der Waals surface area contributed by atoms with Crippen molar-refractivity contribution in [3.05, 3.63) is 35.9 Å². The molecule has 0 atom stereocenters. The minimum atomic E-state index is -0.639. The Labute approximate surface area is 124 Å². The third-order valence-electron chi connectivity index (χ3n) is 2.85. The first kappa shape index (κ1) is 17.1. The Morgan fingerprint density at radius 3 is 2.57 bits per heavy atom. The number of aliphatic hydroxyl groups excluding tert-OH is 1. The summed E-state index contributed by atoms with van der Waals surface area (Å²) in [4.78, 5) is 25.3. The van der Waals surface area contributed by atoms with Crippen LogP contribution in [0.4, 0.5) is 0 Å². The van der Waals surface area contributed by atoms with Crippen molar-refractivity contribution in [2.24, 2.45) is 0 Å². The largest absolute Gasteiger partial charge is 0.394 e. The minimum Gasteiger partial charge on any atom is -0.394 e. The molecule has 0 unspecified atom stereocenters. The van der Waals surface area contributed by atoms with Crippen LogP contribution in [0, 0.1) is 0 Å². The van der Waals surface area contributed by atoms with E-state index in [1.165, 1.54) is 4.90 Å². The van der Waals surface area contributed by atoms with Crippen LogP contribution in [-0.2, 0) is 20.9 Å². The topological polar surface area (TPSA) is 78.9 Å². The van der Waals surface area contributed by atoms with E-state index in [-0.39, 0.29) is 26.4 Å². The lowest BCUT2D eigenvalue weighted by Crippen LogP contribution is -2.43. The Balaban J connectivity index is 2.41. The molecule has 2 N–H and O–H groups in total. The van der Waals surface area contributed by atoms with Crippen LogP contribution in [0.2, 0.25) is 0 Å². The lowest BCUT2D eigenvalue weighted by molar-refractivity contribution is -0.146. The molecular formula is C15H22N2O4. The van der Waals surface area contributed by atoms with Crippen LogP contribution in [0.15, 0.2) is 30.3 Å². The molecule has 1 rings (SSSR count). The van der Waals surface area contributed by atoms with Crippen molar-refractivity contribution < 1.29 is 19.4 Å². The maximum atomic E-state index is 12.0. The number of benzene rings is 1. The zero-order valence-corrected chi connectivity index (χ0v) is 12.2. The van der Waals surface area contributed by atoms with Crippen molar-refractivity contribution in [3.8, 4) is 0 Å². The first-order valence-corrected chi connectivity index (χ1v) is 6.98. The van der Waals surface area contributed by atoms with Gasteiger partial charge in [-0.05, 0) is 12.5 Å². The molecule has 0 saturated heterocycles. The van der Waals surface area contributed by atoms with Gasteiger partial charge >= 0.3 is 11.8 Å². The van der Waals surface area contributed by atoms with Crippen LogP contribution in [0.3, 0.4) is 0 Å². The Bertz CT molecular complexity index is 437. The van der Waals surface area contributed by atoms with Crippen LogP contribution in [-0.4, -0.2) is 54.7 Å². The quantitative estimate of drug-likeness (QED) is 0.529. The SMILES string of the molecule is CCN(Cc1ccccc1)C(=O)C(=O)NCCOCCO. The number of rotatable bonds is 8. The third-order valence-corrected chi connectivity index (χ3v) is 2.85. The number of carbonyl (C=O) groups excluding carboxylic acids is 2. The van der Waals surface area contributed by atoms with E-state index >= 15 is 0 Å². The van der Waals surface area contributed by atoms with Crippen molar-refractivity contribution in [1.82, 2.24) is 10.2 Å². The molecule has 0 spiro atoms. The summed E-state index contributed by atoms with van der Waals surface area (Å²) in [7, 11) is 0. The van der Waals surface area contributed by atoms with Gasteiger partial charge < -0.3 is 20.1 Å². The smallest absolute Gasteiger partial charge is 0.312 e. The summed E-state index contributed by atoms with van der Waals surface area (Å²) in [5, 5.41) is 11.0. The predicted octanol–water partition coefficient (Wildman–Crippen LogP) is 0.160. The standard InChI is InChI=1S/C15H22N2O4/c1-2-17(12-13-6-4-3-5-7-13)15(20)14(19)16-8-10-21-11-9-18/h3-7,18H,2,8-12H2,1H3,(H,16,19). The van der Waals surface area contributed by atoms with Crippen molar-refractivity contribution in [3.63, 3.8) is 0 Å². The summed E-state index contributed by atoms with van der Waals surface area (Å²) in [6, 6.07) is 9.52. The van der Waals surface area contributed by atoms with Gasteiger partial charge in [0.1, 0.15) is 0 Å². The number of amides is 2. The maximum absolute atomic E-state index is 12.0. The minimum absolute atomic E-state index is 0.0619. The molecular weight excluding hydrogens is 272 g/mol. The van der Waals surface area contributed by atoms with Gasteiger partial charge in [-0.2, -0.15) is 0 Å². The molecule has 0 bridgehead atoms. The zero-order chi connectivity index (χ0) is 15.5. The zero-order valence-electron chi connectivity index (χ0n) is 12.2. The fourth-order valence-electron chi connectivity index (χ4n) is 1.75. The molecule has 6 nitrogen and oxygen atoms in total. The number of hydrogen-bond donors (Lipinski definition) is 2. The number of nitrogens with zero attached hydrogens (tertiary/aromatic N) is 1. The fourth-order valence-corrected chi connectivity index (χ4v) is 1.75. The number of nitrogens with one attached hydrogen (secondary N) is 1. The monoisotopic (exact) mass is 294 g/mol. The Morgan fingerprint density at radius 2 is 1.95 bits per heavy atom. The molecule has 0 heterocycles. The van der Waals surface area contributed by atoms with E-state index in [1.54, 1.807) is 0 Å². The molecule has 116 valence electrons. The number of carbonyl (C=O) groups is 2. The molecule has 0 fully saturated rings. The van der Waals surface area contributed by atoms with E-state index < -0.39 is 11.8 Å². The average molecular weight is 294 g/mol. The van der Waals surface area contributed by atoms with Gasteiger partial charge in [-0.1, -0.05) is 30.3 Å². The van der Waals surface area contributed by atoms with Crippen LogP contribution >= 0.6 is 0 Å². The summed E-state index contributed by atoms with van der Waals surface area (Å²) < 4.78 is 5.01. The molecule has 0 saturated carbocycles. The van der Waals surface area contributed by atoms with Gasteiger partial charge in [0.25, 0.3) is 0 Å². The number of hydrogen-bond acceptors (Lipinski definition) is 4. The van der Waals surface area contributed by atoms with Crippen LogP contribution < -0.4 is 5.32 Å². The Hall–Kier alpha value is -1.92. The van der Waals surface area contributed by atoms with Gasteiger partial charge in [0.15, 0.2) is 0 Å². The summed E-state index contributed by atoms with van der Waals surface area (Å²) in [6.45, 7) is 3.37. The van der Waals surface area contributed by atoms with Crippen LogP contribution in [0.1, 0.15) is 12.5 Å². The van der Waals surface area contributed by atoms with Gasteiger partial charge in [-0.3, -0.25) is 9.59 Å². The highest BCUT2D eigenvalue weighted by molar-refractivity contribution is 6.34. The predicted molar refractivity (Wildman–Crippen MR) is 78.4 cm³/mol. The molecule has 0 aliphatic heterocycles. The van der Waals surface area contributed by atoms with E-state index in [0.717, 1.165) is 5.56 Å². The van der Waals surface area contributed by atoms with Gasteiger partial charge in [0.2, 0.25) is 0 Å². The molecule has 1 aromatic rings. The lowest BCUT2D eigenvalue weighted by Gasteiger charge is -2.20. The molecule has 2 amide bonds. The summed E-state index contributed by atoms with van der Waals surface area (Å²) >= 11 is 0. The molecule has 0 radical (unpaired) electrons. The Morgan fingerprint density at radius 1 is 1.24 bits per heavy atom. The van der Waals surface area contributed by atoms with E-state index in [4.69, 9.17) is 9.84 Å². The third kappa shape index (κ3) is 6.37. The molecule has 1 aromatic carbocycles. The Kier molecular flexibility index (Phi) is 8.08. The number of ether oxygens (including phenoxy) is 1. The van der Waals surface area contributed by atoms with E-state index in [1.807, 2.05) is 37.3 Å². The van der Waals surface area contributed by atoms with Crippen molar-refractivity contribution in [2.45, 2.75) is 13.5 Å². The molecule has 21 heavy (non-hydrogen) atoms. The van der Waals surface area contributed by atoms with E-state index in [9.17, 15) is 9.59 Å².